The molecule has 0 saturated heterocycles. The van der Waals surface area contributed by atoms with Crippen LogP contribution in [0.3, 0.4) is 0 Å². The quantitative estimate of drug-likeness (QED) is 0.740. The summed E-state index contributed by atoms with van der Waals surface area (Å²) < 4.78 is 7.31. The van der Waals surface area contributed by atoms with Gasteiger partial charge in [0.25, 0.3) is 5.91 Å². The van der Waals surface area contributed by atoms with E-state index in [9.17, 15) is 4.79 Å². The summed E-state index contributed by atoms with van der Waals surface area (Å²) in [6.07, 6.45) is 6.03. The SMILES string of the molecule is C[C@@H](Oc1ccccc1C#N)C(=O)Nc1cnn(Cc2cccnc2)c1. The molecule has 3 rings (SSSR count). The van der Waals surface area contributed by atoms with Crippen LogP contribution in [0.5, 0.6) is 5.75 Å². The van der Waals surface area contributed by atoms with Crippen molar-refractivity contribution in [2.24, 2.45) is 0 Å². The van der Waals surface area contributed by atoms with Gasteiger partial charge >= 0.3 is 0 Å². The zero-order valence-corrected chi connectivity index (χ0v) is 14.2. The molecule has 0 aliphatic heterocycles. The van der Waals surface area contributed by atoms with E-state index in [1.54, 1.807) is 60.7 Å². The highest BCUT2D eigenvalue weighted by molar-refractivity contribution is 5.93. The monoisotopic (exact) mass is 347 g/mol. The number of carbonyl (C=O) groups is 1. The number of para-hydroxylation sites is 1. The van der Waals surface area contributed by atoms with Crippen molar-refractivity contribution in [1.82, 2.24) is 14.8 Å². The van der Waals surface area contributed by atoms with Crippen LogP contribution in [0, 0.1) is 11.3 Å². The molecule has 1 aromatic carbocycles. The van der Waals surface area contributed by atoms with Crippen molar-refractivity contribution in [3.05, 3.63) is 72.3 Å². The second kappa shape index (κ2) is 7.94. The molecule has 2 heterocycles. The molecule has 0 fully saturated rings. The number of rotatable bonds is 6. The summed E-state index contributed by atoms with van der Waals surface area (Å²) in [6, 6.07) is 12.7. The van der Waals surface area contributed by atoms with Crippen LogP contribution in [-0.2, 0) is 11.3 Å². The van der Waals surface area contributed by atoms with E-state index in [1.807, 2.05) is 18.2 Å². The lowest BCUT2D eigenvalue weighted by Gasteiger charge is -2.14. The maximum Gasteiger partial charge on any atom is 0.265 e. The minimum absolute atomic E-state index is 0.321. The van der Waals surface area contributed by atoms with Crippen LogP contribution in [0.4, 0.5) is 5.69 Å². The third kappa shape index (κ3) is 4.24. The number of benzene rings is 1. The van der Waals surface area contributed by atoms with E-state index in [0.717, 1.165) is 5.56 Å². The first-order valence-corrected chi connectivity index (χ1v) is 8.03. The van der Waals surface area contributed by atoms with Gasteiger partial charge in [-0.3, -0.25) is 14.5 Å². The second-order valence-corrected chi connectivity index (χ2v) is 5.65. The van der Waals surface area contributed by atoms with Gasteiger partial charge in [0.15, 0.2) is 6.10 Å². The Hall–Kier alpha value is -3.66. The predicted molar refractivity (Wildman–Crippen MR) is 95.4 cm³/mol. The molecule has 0 aliphatic carbocycles. The van der Waals surface area contributed by atoms with Gasteiger partial charge in [-0.1, -0.05) is 18.2 Å². The fourth-order valence-corrected chi connectivity index (χ4v) is 2.34. The molecular formula is C19H17N5O2. The average Bonchev–Trinajstić information content (AvgIpc) is 3.09. The minimum atomic E-state index is -0.758. The summed E-state index contributed by atoms with van der Waals surface area (Å²) in [5.41, 5.74) is 1.97. The molecule has 1 N–H and O–H groups in total. The molecule has 2 aromatic heterocycles. The predicted octanol–water partition coefficient (Wildman–Crippen LogP) is 2.60. The fraction of sp³-hybridized carbons (Fsp3) is 0.158. The van der Waals surface area contributed by atoms with Gasteiger partial charge in [-0.15, -0.1) is 0 Å². The molecule has 7 nitrogen and oxygen atoms in total. The van der Waals surface area contributed by atoms with Gasteiger partial charge in [-0.05, 0) is 30.7 Å². The molecule has 26 heavy (non-hydrogen) atoms. The molecule has 1 amide bonds. The van der Waals surface area contributed by atoms with Crippen molar-refractivity contribution in [2.75, 3.05) is 5.32 Å². The highest BCUT2D eigenvalue weighted by atomic mass is 16.5. The summed E-state index contributed by atoms with van der Waals surface area (Å²) in [5, 5.41) is 16.1. The molecule has 0 bridgehead atoms. The van der Waals surface area contributed by atoms with Gasteiger partial charge in [0.2, 0.25) is 0 Å². The van der Waals surface area contributed by atoms with Crippen LogP contribution in [0.2, 0.25) is 0 Å². The van der Waals surface area contributed by atoms with Gasteiger partial charge in [-0.2, -0.15) is 10.4 Å². The lowest BCUT2D eigenvalue weighted by atomic mass is 10.2. The number of nitrogens with one attached hydrogen (secondary N) is 1. The van der Waals surface area contributed by atoms with E-state index in [4.69, 9.17) is 10.00 Å². The normalized spacial score (nSPS) is 11.4. The van der Waals surface area contributed by atoms with Crippen LogP contribution in [-0.4, -0.2) is 26.8 Å². The number of nitriles is 1. The fourth-order valence-electron chi connectivity index (χ4n) is 2.34. The number of anilines is 1. The molecule has 0 aliphatic rings. The van der Waals surface area contributed by atoms with E-state index in [2.05, 4.69) is 15.4 Å². The molecular weight excluding hydrogens is 330 g/mol. The number of pyridine rings is 1. The molecule has 0 unspecified atom stereocenters. The zero-order chi connectivity index (χ0) is 18.4. The number of ether oxygens (including phenoxy) is 1. The number of amides is 1. The third-order valence-corrected chi connectivity index (χ3v) is 3.65. The third-order valence-electron chi connectivity index (χ3n) is 3.65. The Labute approximate surface area is 150 Å². The standard InChI is InChI=1S/C19H17N5O2/c1-14(26-18-7-3-2-6-16(18)9-20)19(25)23-17-11-22-24(13-17)12-15-5-4-8-21-10-15/h2-8,10-11,13-14H,12H2,1H3,(H,23,25)/t14-/m1/s1. The van der Waals surface area contributed by atoms with Gasteiger partial charge in [0.05, 0.1) is 24.0 Å². The highest BCUT2D eigenvalue weighted by Gasteiger charge is 2.17. The number of carbonyl (C=O) groups excluding carboxylic acids is 1. The van der Waals surface area contributed by atoms with Crippen molar-refractivity contribution >= 4 is 11.6 Å². The van der Waals surface area contributed by atoms with Gasteiger partial charge in [0, 0.05) is 18.6 Å². The number of hydrogen-bond donors (Lipinski definition) is 1. The summed E-state index contributed by atoms with van der Waals surface area (Å²) in [6.45, 7) is 2.19. The van der Waals surface area contributed by atoms with E-state index in [1.165, 1.54) is 0 Å². The molecule has 1 atom stereocenters. The summed E-state index contributed by atoms with van der Waals surface area (Å²) in [5.74, 6) is 0.0589. The van der Waals surface area contributed by atoms with E-state index in [0.29, 0.717) is 23.5 Å². The summed E-state index contributed by atoms with van der Waals surface area (Å²) in [7, 11) is 0. The lowest BCUT2D eigenvalue weighted by molar-refractivity contribution is -0.122. The van der Waals surface area contributed by atoms with Crippen molar-refractivity contribution in [1.29, 1.82) is 5.26 Å². The van der Waals surface area contributed by atoms with Crippen LogP contribution < -0.4 is 10.1 Å². The van der Waals surface area contributed by atoms with E-state index in [-0.39, 0.29) is 5.91 Å². The lowest BCUT2D eigenvalue weighted by Crippen LogP contribution is -2.30. The molecule has 0 radical (unpaired) electrons. The van der Waals surface area contributed by atoms with Crippen molar-refractivity contribution in [3.8, 4) is 11.8 Å². The summed E-state index contributed by atoms with van der Waals surface area (Å²) in [4.78, 5) is 16.4. The Balaban J connectivity index is 1.60. The van der Waals surface area contributed by atoms with Crippen molar-refractivity contribution in [2.45, 2.75) is 19.6 Å². The number of aromatic nitrogens is 3. The van der Waals surface area contributed by atoms with Gasteiger partial charge in [-0.25, -0.2) is 0 Å². The molecule has 7 heteroatoms. The van der Waals surface area contributed by atoms with Crippen LogP contribution in [0.1, 0.15) is 18.1 Å². The molecule has 130 valence electrons. The van der Waals surface area contributed by atoms with E-state index < -0.39 is 6.10 Å². The van der Waals surface area contributed by atoms with Gasteiger partial charge < -0.3 is 10.1 Å². The first-order chi connectivity index (χ1) is 12.7. The molecule has 3 aromatic rings. The van der Waals surface area contributed by atoms with Crippen LogP contribution >= 0.6 is 0 Å². The first kappa shape index (κ1) is 17.2. The van der Waals surface area contributed by atoms with Crippen molar-refractivity contribution in [3.63, 3.8) is 0 Å². The van der Waals surface area contributed by atoms with Crippen LogP contribution in [0.25, 0.3) is 0 Å². The maximum atomic E-state index is 12.3. The van der Waals surface area contributed by atoms with E-state index >= 15 is 0 Å². The first-order valence-electron chi connectivity index (χ1n) is 8.03. The molecule has 0 spiro atoms. The Kier molecular flexibility index (Phi) is 5.25. The minimum Gasteiger partial charge on any atom is -0.480 e. The Morgan fingerprint density at radius 1 is 1.31 bits per heavy atom. The van der Waals surface area contributed by atoms with Crippen molar-refractivity contribution < 1.29 is 9.53 Å². The zero-order valence-electron chi connectivity index (χ0n) is 14.2. The van der Waals surface area contributed by atoms with Crippen LogP contribution in [0.15, 0.2) is 61.2 Å². The number of hydrogen-bond acceptors (Lipinski definition) is 5. The smallest absolute Gasteiger partial charge is 0.265 e. The van der Waals surface area contributed by atoms with Gasteiger partial charge in [0.1, 0.15) is 11.8 Å². The summed E-state index contributed by atoms with van der Waals surface area (Å²) >= 11 is 0. The Morgan fingerprint density at radius 3 is 2.92 bits per heavy atom. The Morgan fingerprint density at radius 2 is 2.15 bits per heavy atom. The Bertz CT molecular complexity index is 930. The highest BCUT2D eigenvalue weighted by Crippen LogP contribution is 2.18. The maximum absolute atomic E-state index is 12.3. The average molecular weight is 347 g/mol. The number of nitrogens with zero attached hydrogens (tertiary/aromatic N) is 4. The second-order valence-electron chi connectivity index (χ2n) is 5.65. The largest absolute Gasteiger partial charge is 0.480 e. The molecule has 0 saturated carbocycles. The topological polar surface area (TPSA) is 92.8 Å².